The predicted octanol–water partition coefficient (Wildman–Crippen LogP) is 4.80. The van der Waals surface area contributed by atoms with Crippen LogP contribution in [0.15, 0.2) is 23.8 Å². The lowest BCUT2D eigenvalue weighted by Gasteiger charge is -2.32. The molecular weight excluding hydrogens is 388 g/mol. The lowest BCUT2D eigenvalue weighted by atomic mass is 9.94. The average Bonchev–Trinajstić information content (AvgIpc) is 3.36. The van der Waals surface area contributed by atoms with Gasteiger partial charge >= 0.3 is 0 Å². The molecule has 7 heteroatoms. The van der Waals surface area contributed by atoms with Crippen molar-refractivity contribution in [1.82, 2.24) is 15.3 Å². The van der Waals surface area contributed by atoms with Crippen LogP contribution >= 0.6 is 22.7 Å². The first-order valence-corrected chi connectivity index (χ1v) is 11.6. The summed E-state index contributed by atoms with van der Waals surface area (Å²) < 4.78 is 0. The summed E-state index contributed by atoms with van der Waals surface area (Å²) in [4.78, 5) is 27.1. The molecule has 0 bridgehead atoms. The highest BCUT2D eigenvalue weighted by Crippen LogP contribution is 2.36. The number of aromatic nitrogens is 2. The molecule has 1 fully saturated rings. The Hall–Kier alpha value is -1.99. The first-order valence-electron chi connectivity index (χ1n) is 9.92. The zero-order valence-electron chi connectivity index (χ0n) is 16.4. The first-order chi connectivity index (χ1) is 13.6. The van der Waals surface area contributed by atoms with Gasteiger partial charge in [0.05, 0.1) is 10.3 Å². The lowest BCUT2D eigenvalue weighted by Crippen LogP contribution is -2.34. The van der Waals surface area contributed by atoms with Crippen molar-refractivity contribution >= 4 is 44.6 Å². The van der Waals surface area contributed by atoms with Crippen molar-refractivity contribution < 1.29 is 4.79 Å². The number of aryl methyl sites for hydroxylation is 1. The van der Waals surface area contributed by atoms with E-state index >= 15 is 0 Å². The van der Waals surface area contributed by atoms with Gasteiger partial charge in [-0.15, -0.1) is 22.7 Å². The highest BCUT2D eigenvalue weighted by molar-refractivity contribution is 7.20. The molecule has 0 spiro atoms. The van der Waals surface area contributed by atoms with E-state index in [4.69, 9.17) is 0 Å². The number of carbonyl (C=O) groups is 1. The van der Waals surface area contributed by atoms with E-state index in [1.54, 1.807) is 17.7 Å². The lowest BCUT2D eigenvalue weighted by molar-refractivity contribution is 0.0958. The number of fused-ring (bicyclic) bond motifs is 1. The van der Waals surface area contributed by atoms with Gasteiger partial charge in [-0.1, -0.05) is 25.3 Å². The summed E-state index contributed by atoms with van der Waals surface area (Å²) in [5.74, 6) is 0.951. The van der Waals surface area contributed by atoms with Crippen LogP contribution in [-0.4, -0.2) is 35.5 Å². The van der Waals surface area contributed by atoms with E-state index in [2.05, 4.69) is 38.7 Å². The molecule has 4 rings (SSSR count). The van der Waals surface area contributed by atoms with E-state index < -0.39 is 0 Å². The maximum absolute atomic E-state index is 12.8. The Morgan fingerprint density at radius 3 is 2.86 bits per heavy atom. The Morgan fingerprint density at radius 2 is 2.11 bits per heavy atom. The number of amides is 1. The Labute approximate surface area is 173 Å². The number of nitrogens with one attached hydrogen (secondary N) is 1. The molecule has 1 amide bonds. The Balaban J connectivity index is 1.55. The highest BCUT2D eigenvalue weighted by Gasteiger charge is 2.24. The standard InChI is InChI=1S/C21H26N4OS2/c1-14-17-19(25(2)15-7-4-3-5-8-15)23-13-24-21(17)28-18(14)20(26)22-11-10-16-9-6-12-27-16/h6,9,12-13,15H,3-5,7-8,10-11H2,1-2H3,(H,22,26). The molecule has 0 aliphatic heterocycles. The van der Waals surface area contributed by atoms with Crippen LogP contribution in [0, 0.1) is 6.92 Å². The van der Waals surface area contributed by atoms with Crippen molar-refractivity contribution in [2.24, 2.45) is 0 Å². The molecule has 1 aliphatic carbocycles. The smallest absolute Gasteiger partial charge is 0.261 e. The molecule has 1 saturated carbocycles. The van der Waals surface area contributed by atoms with Crippen molar-refractivity contribution in [1.29, 1.82) is 0 Å². The van der Waals surface area contributed by atoms with E-state index in [-0.39, 0.29) is 5.91 Å². The number of carbonyl (C=O) groups excluding carboxylic acids is 1. The molecule has 0 atom stereocenters. The van der Waals surface area contributed by atoms with E-state index in [1.165, 1.54) is 48.3 Å². The van der Waals surface area contributed by atoms with Crippen LogP contribution in [0.2, 0.25) is 0 Å². The summed E-state index contributed by atoms with van der Waals surface area (Å²) >= 11 is 3.19. The normalized spacial score (nSPS) is 15.1. The Morgan fingerprint density at radius 1 is 1.29 bits per heavy atom. The Kier molecular flexibility index (Phi) is 5.92. The van der Waals surface area contributed by atoms with Crippen LogP contribution in [0.3, 0.4) is 0 Å². The molecular formula is C21H26N4OS2. The van der Waals surface area contributed by atoms with Gasteiger partial charge in [0, 0.05) is 24.5 Å². The van der Waals surface area contributed by atoms with Crippen molar-refractivity contribution in [2.45, 2.75) is 51.5 Å². The third kappa shape index (κ3) is 3.91. The Bertz CT molecular complexity index is 945. The van der Waals surface area contributed by atoms with Crippen molar-refractivity contribution in [3.8, 4) is 0 Å². The van der Waals surface area contributed by atoms with E-state index in [0.29, 0.717) is 12.6 Å². The van der Waals surface area contributed by atoms with Crippen molar-refractivity contribution in [2.75, 3.05) is 18.5 Å². The fourth-order valence-electron chi connectivity index (χ4n) is 4.01. The number of thiophene rings is 2. The summed E-state index contributed by atoms with van der Waals surface area (Å²) in [7, 11) is 2.13. The van der Waals surface area contributed by atoms with E-state index in [0.717, 1.165) is 32.9 Å². The van der Waals surface area contributed by atoms with Gasteiger partial charge in [-0.3, -0.25) is 4.79 Å². The van der Waals surface area contributed by atoms with Gasteiger partial charge in [-0.25, -0.2) is 9.97 Å². The van der Waals surface area contributed by atoms with Crippen LogP contribution in [-0.2, 0) is 6.42 Å². The van der Waals surface area contributed by atoms with E-state index in [9.17, 15) is 4.79 Å². The van der Waals surface area contributed by atoms with Gasteiger partial charge in [0.25, 0.3) is 5.91 Å². The van der Waals surface area contributed by atoms with Gasteiger partial charge in [0.15, 0.2) is 0 Å². The second-order valence-corrected chi connectivity index (χ2v) is 9.45. The molecule has 1 aliphatic rings. The second-order valence-electron chi connectivity index (χ2n) is 7.42. The molecule has 3 heterocycles. The fraction of sp³-hybridized carbons (Fsp3) is 0.476. The third-order valence-corrected chi connectivity index (χ3v) is 7.74. The number of hydrogen-bond acceptors (Lipinski definition) is 6. The second kappa shape index (κ2) is 8.57. The largest absolute Gasteiger partial charge is 0.356 e. The molecule has 0 saturated heterocycles. The minimum absolute atomic E-state index is 0.0108. The number of rotatable bonds is 6. The summed E-state index contributed by atoms with van der Waals surface area (Å²) in [6.45, 7) is 2.67. The van der Waals surface area contributed by atoms with Crippen LogP contribution in [0.4, 0.5) is 5.82 Å². The molecule has 3 aromatic heterocycles. The first kappa shape index (κ1) is 19.3. The predicted molar refractivity (Wildman–Crippen MR) is 118 cm³/mol. The molecule has 148 valence electrons. The average molecular weight is 415 g/mol. The van der Waals surface area contributed by atoms with Crippen LogP contribution in [0.5, 0.6) is 0 Å². The van der Waals surface area contributed by atoms with Crippen LogP contribution in [0.1, 0.15) is 52.2 Å². The zero-order chi connectivity index (χ0) is 19.5. The molecule has 5 nitrogen and oxygen atoms in total. The fourth-order valence-corrected chi connectivity index (χ4v) is 5.78. The summed E-state index contributed by atoms with van der Waals surface area (Å²) in [6, 6.07) is 4.67. The third-order valence-electron chi connectivity index (χ3n) is 5.61. The number of anilines is 1. The van der Waals surface area contributed by atoms with Gasteiger partial charge in [0.1, 0.15) is 17.0 Å². The maximum atomic E-state index is 12.8. The van der Waals surface area contributed by atoms with E-state index in [1.807, 2.05) is 13.0 Å². The minimum Gasteiger partial charge on any atom is -0.356 e. The highest BCUT2D eigenvalue weighted by atomic mass is 32.1. The molecule has 0 unspecified atom stereocenters. The van der Waals surface area contributed by atoms with Crippen molar-refractivity contribution in [3.63, 3.8) is 0 Å². The molecule has 1 N–H and O–H groups in total. The van der Waals surface area contributed by atoms with Crippen molar-refractivity contribution in [3.05, 3.63) is 39.2 Å². The molecule has 3 aromatic rings. The quantitative estimate of drug-likeness (QED) is 0.629. The summed E-state index contributed by atoms with van der Waals surface area (Å²) in [6.07, 6.45) is 8.81. The molecule has 0 radical (unpaired) electrons. The monoisotopic (exact) mass is 414 g/mol. The van der Waals surface area contributed by atoms with Gasteiger partial charge < -0.3 is 10.2 Å². The topological polar surface area (TPSA) is 58.1 Å². The van der Waals surface area contributed by atoms with Crippen LogP contribution < -0.4 is 10.2 Å². The van der Waals surface area contributed by atoms with Gasteiger partial charge in [-0.05, 0) is 43.2 Å². The van der Waals surface area contributed by atoms with Gasteiger partial charge in [0.2, 0.25) is 0 Å². The van der Waals surface area contributed by atoms with Crippen LogP contribution in [0.25, 0.3) is 10.2 Å². The minimum atomic E-state index is -0.0108. The SMILES string of the molecule is Cc1c(C(=O)NCCc2cccs2)sc2ncnc(N(C)C3CCCCC3)c12. The number of nitrogens with zero attached hydrogens (tertiary/aromatic N) is 3. The number of hydrogen-bond donors (Lipinski definition) is 1. The summed E-state index contributed by atoms with van der Waals surface area (Å²) in [5, 5.41) is 6.16. The zero-order valence-corrected chi connectivity index (χ0v) is 18.0. The molecule has 0 aromatic carbocycles. The maximum Gasteiger partial charge on any atom is 0.261 e. The van der Waals surface area contributed by atoms with Gasteiger partial charge in [-0.2, -0.15) is 0 Å². The summed E-state index contributed by atoms with van der Waals surface area (Å²) in [5.41, 5.74) is 0.992. The molecule has 28 heavy (non-hydrogen) atoms.